The van der Waals surface area contributed by atoms with Crippen LogP contribution in [0.4, 0.5) is 10.1 Å². The fraction of sp³-hybridized carbons (Fsp3) is 0.318. The summed E-state index contributed by atoms with van der Waals surface area (Å²) in [4.78, 5) is 24.3. The van der Waals surface area contributed by atoms with Gasteiger partial charge < -0.3 is 5.32 Å². The van der Waals surface area contributed by atoms with Crippen LogP contribution in [0.3, 0.4) is 0 Å². The third-order valence-electron chi connectivity index (χ3n) is 5.79. The van der Waals surface area contributed by atoms with Crippen LogP contribution in [0.15, 0.2) is 47.4 Å². The average Bonchev–Trinajstić information content (AvgIpc) is 3.26. The number of piperidine rings is 1. The summed E-state index contributed by atoms with van der Waals surface area (Å²) in [6.45, 7) is 3.42. The number of nitrogens with zero attached hydrogens (tertiary/aromatic N) is 5. The molecular formula is C22H23FN6O4S. The molecule has 10 nitrogen and oxygen atoms in total. The van der Waals surface area contributed by atoms with E-state index >= 15 is 0 Å². The van der Waals surface area contributed by atoms with Crippen molar-refractivity contribution in [2.24, 2.45) is 5.92 Å². The molecule has 0 saturated carbocycles. The van der Waals surface area contributed by atoms with Crippen molar-refractivity contribution < 1.29 is 22.4 Å². The van der Waals surface area contributed by atoms with Crippen LogP contribution < -0.4 is 5.32 Å². The van der Waals surface area contributed by atoms with Gasteiger partial charge in [0.25, 0.3) is 0 Å². The van der Waals surface area contributed by atoms with Gasteiger partial charge in [-0.25, -0.2) is 12.8 Å². The van der Waals surface area contributed by atoms with Crippen LogP contribution in [0.5, 0.6) is 0 Å². The van der Waals surface area contributed by atoms with E-state index in [0.717, 1.165) is 0 Å². The van der Waals surface area contributed by atoms with Gasteiger partial charge >= 0.3 is 0 Å². The SMILES string of the molecule is CC(=O)c1ccc(S(=O)(=O)N2CCC(C(=O)Nc3ccc(F)c(-n4nnnc4C)c3)CC2)cc1. The van der Waals surface area contributed by atoms with Gasteiger partial charge in [-0.2, -0.15) is 8.99 Å². The van der Waals surface area contributed by atoms with E-state index in [9.17, 15) is 22.4 Å². The molecule has 0 bridgehead atoms. The molecule has 1 fully saturated rings. The van der Waals surface area contributed by atoms with Crippen molar-refractivity contribution in [2.75, 3.05) is 18.4 Å². The highest BCUT2D eigenvalue weighted by molar-refractivity contribution is 7.89. The topological polar surface area (TPSA) is 127 Å². The Labute approximate surface area is 195 Å². The summed E-state index contributed by atoms with van der Waals surface area (Å²) in [5.74, 6) is -0.948. The molecule has 12 heteroatoms. The van der Waals surface area contributed by atoms with Gasteiger partial charge in [-0.1, -0.05) is 12.1 Å². The Morgan fingerprint density at radius 3 is 2.35 bits per heavy atom. The molecule has 1 saturated heterocycles. The number of nitrogens with one attached hydrogen (secondary N) is 1. The minimum absolute atomic E-state index is 0.108. The van der Waals surface area contributed by atoms with Crippen molar-refractivity contribution in [1.29, 1.82) is 0 Å². The molecule has 34 heavy (non-hydrogen) atoms. The quantitative estimate of drug-likeness (QED) is 0.530. The van der Waals surface area contributed by atoms with Crippen molar-refractivity contribution in [3.8, 4) is 5.69 Å². The Balaban J connectivity index is 1.40. The number of ketones is 1. The molecule has 0 atom stereocenters. The molecule has 1 aliphatic rings. The number of anilines is 1. The minimum Gasteiger partial charge on any atom is -0.326 e. The fourth-order valence-electron chi connectivity index (χ4n) is 3.82. The molecule has 3 aromatic rings. The second-order valence-electron chi connectivity index (χ2n) is 8.05. The molecule has 1 aromatic heterocycles. The summed E-state index contributed by atoms with van der Waals surface area (Å²) in [5.41, 5.74) is 0.933. The Kier molecular flexibility index (Phi) is 6.53. The van der Waals surface area contributed by atoms with Crippen LogP contribution in [0, 0.1) is 18.7 Å². The summed E-state index contributed by atoms with van der Waals surface area (Å²) >= 11 is 0. The largest absolute Gasteiger partial charge is 0.326 e. The lowest BCUT2D eigenvalue weighted by Crippen LogP contribution is -2.41. The van der Waals surface area contributed by atoms with Crippen LogP contribution in [0.1, 0.15) is 35.9 Å². The van der Waals surface area contributed by atoms with E-state index in [4.69, 9.17) is 0 Å². The maximum Gasteiger partial charge on any atom is 0.243 e. The summed E-state index contributed by atoms with van der Waals surface area (Å²) in [5, 5.41) is 13.8. The zero-order valence-electron chi connectivity index (χ0n) is 18.6. The van der Waals surface area contributed by atoms with E-state index < -0.39 is 21.8 Å². The Morgan fingerprint density at radius 1 is 1.09 bits per heavy atom. The number of hydrogen-bond acceptors (Lipinski definition) is 7. The first-order valence-corrected chi connectivity index (χ1v) is 12.1. The molecule has 2 heterocycles. The number of tetrazole rings is 1. The molecule has 4 rings (SSSR count). The van der Waals surface area contributed by atoms with Crippen molar-refractivity contribution >= 4 is 27.4 Å². The first-order valence-electron chi connectivity index (χ1n) is 10.6. The molecule has 178 valence electrons. The zero-order valence-corrected chi connectivity index (χ0v) is 19.4. The van der Waals surface area contributed by atoms with Crippen LogP contribution in [0.25, 0.3) is 5.69 Å². The number of carbonyl (C=O) groups excluding carboxylic acids is 2. The Hall–Kier alpha value is -3.51. The lowest BCUT2D eigenvalue weighted by Gasteiger charge is -2.30. The molecule has 1 aliphatic heterocycles. The second kappa shape index (κ2) is 9.39. The zero-order chi connectivity index (χ0) is 24.5. The average molecular weight is 487 g/mol. The van der Waals surface area contributed by atoms with E-state index in [2.05, 4.69) is 20.8 Å². The van der Waals surface area contributed by atoms with Gasteiger partial charge in [-0.3, -0.25) is 9.59 Å². The summed E-state index contributed by atoms with van der Waals surface area (Å²) < 4.78 is 42.7. The lowest BCUT2D eigenvalue weighted by atomic mass is 9.97. The second-order valence-corrected chi connectivity index (χ2v) is 9.99. The highest BCUT2D eigenvalue weighted by atomic mass is 32.2. The molecule has 0 aliphatic carbocycles. The summed E-state index contributed by atoms with van der Waals surface area (Å²) in [7, 11) is -3.72. The van der Waals surface area contributed by atoms with Crippen LogP contribution in [-0.2, 0) is 14.8 Å². The van der Waals surface area contributed by atoms with Crippen molar-refractivity contribution in [3.05, 3.63) is 59.7 Å². The molecule has 0 spiro atoms. The number of amides is 1. The maximum atomic E-state index is 14.3. The van der Waals surface area contributed by atoms with Crippen molar-refractivity contribution in [1.82, 2.24) is 24.5 Å². The van der Waals surface area contributed by atoms with E-state index in [-0.39, 0.29) is 35.4 Å². The predicted octanol–water partition coefficient (Wildman–Crippen LogP) is 2.35. The lowest BCUT2D eigenvalue weighted by molar-refractivity contribution is -0.120. The van der Waals surface area contributed by atoms with Gasteiger partial charge in [0.1, 0.15) is 11.5 Å². The molecule has 2 aromatic carbocycles. The third-order valence-corrected chi connectivity index (χ3v) is 7.70. The third kappa shape index (κ3) is 4.73. The molecule has 0 unspecified atom stereocenters. The normalized spacial score (nSPS) is 15.3. The van der Waals surface area contributed by atoms with Gasteiger partial charge in [0, 0.05) is 30.3 Å². The van der Waals surface area contributed by atoms with Crippen LogP contribution in [-0.4, -0.2) is 57.7 Å². The number of carbonyl (C=O) groups is 2. The van der Waals surface area contributed by atoms with Gasteiger partial charge in [0.05, 0.1) is 4.90 Å². The first-order chi connectivity index (χ1) is 16.2. The summed E-state index contributed by atoms with van der Waals surface area (Å²) in [6.07, 6.45) is 0.688. The highest BCUT2D eigenvalue weighted by Gasteiger charge is 2.32. The van der Waals surface area contributed by atoms with Gasteiger partial charge in [-0.15, -0.1) is 5.10 Å². The van der Waals surface area contributed by atoms with E-state index in [1.807, 2.05) is 0 Å². The number of Topliss-reactive ketones (excluding diaryl/α,β-unsaturated/α-hetero) is 1. The van der Waals surface area contributed by atoms with Crippen molar-refractivity contribution in [3.63, 3.8) is 0 Å². The Bertz CT molecular complexity index is 1330. The maximum absolute atomic E-state index is 14.3. The standard InChI is InChI=1S/C22H23FN6O4S/c1-14(30)16-3-6-19(7-4-16)34(32,33)28-11-9-17(10-12-28)22(31)24-18-5-8-20(23)21(13-18)29-15(2)25-26-27-29/h3-8,13,17H,9-12H2,1-2H3,(H,24,31). The minimum atomic E-state index is -3.72. The monoisotopic (exact) mass is 486 g/mol. The summed E-state index contributed by atoms with van der Waals surface area (Å²) in [6, 6.07) is 9.93. The van der Waals surface area contributed by atoms with E-state index in [1.165, 1.54) is 58.4 Å². The molecular weight excluding hydrogens is 463 g/mol. The van der Waals surface area contributed by atoms with Gasteiger partial charge in [0.15, 0.2) is 11.6 Å². The van der Waals surface area contributed by atoms with Crippen molar-refractivity contribution in [2.45, 2.75) is 31.6 Å². The number of sulfonamides is 1. The number of halogens is 1. The number of hydrogen-bond donors (Lipinski definition) is 1. The fourth-order valence-corrected chi connectivity index (χ4v) is 5.29. The smallest absolute Gasteiger partial charge is 0.243 e. The Morgan fingerprint density at radius 2 is 1.76 bits per heavy atom. The first kappa shape index (κ1) is 23.6. The van der Waals surface area contributed by atoms with E-state index in [1.54, 1.807) is 6.92 Å². The molecule has 1 amide bonds. The molecule has 1 N–H and O–H groups in total. The highest BCUT2D eigenvalue weighted by Crippen LogP contribution is 2.26. The van der Waals surface area contributed by atoms with Crippen LogP contribution >= 0.6 is 0 Å². The van der Waals surface area contributed by atoms with Gasteiger partial charge in [-0.05, 0) is 67.4 Å². The van der Waals surface area contributed by atoms with Gasteiger partial charge in [0.2, 0.25) is 15.9 Å². The van der Waals surface area contributed by atoms with Crippen LogP contribution in [0.2, 0.25) is 0 Å². The number of rotatable bonds is 6. The number of aromatic nitrogens is 4. The predicted molar refractivity (Wildman–Crippen MR) is 120 cm³/mol. The number of aryl methyl sites for hydroxylation is 1. The van der Waals surface area contributed by atoms with E-state index in [0.29, 0.717) is 29.9 Å². The number of benzene rings is 2. The molecule has 0 radical (unpaired) electrons.